The molecule has 3 rings (SSSR count). The van der Waals surface area contributed by atoms with Crippen LogP contribution < -0.4 is 9.80 Å². The van der Waals surface area contributed by atoms with Gasteiger partial charge in [0.05, 0.1) is 22.7 Å². The summed E-state index contributed by atoms with van der Waals surface area (Å²) in [7, 11) is 6.19. The Morgan fingerprint density at radius 2 is 1.76 bits per heavy atom. The van der Waals surface area contributed by atoms with Crippen molar-refractivity contribution in [2.75, 3.05) is 50.6 Å². The third kappa shape index (κ3) is 5.66. The average molecular weight is 409 g/mol. The Labute approximate surface area is 177 Å². The average Bonchev–Trinajstić information content (AvgIpc) is 3.20. The molecule has 0 radical (unpaired) electrons. The normalized spacial score (nSPS) is 11.0. The van der Waals surface area contributed by atoms with E-state index < -0.39 is 0 Å². The Kier molecular flexibility index (Phi) is 7.39. The highest BCUT2D eigenvalue weighted by Gasteiger charge is 2.15. The lowest BCUT2D eigenvalue weighted by molar-refractivity contribution is 0.323. The first-order valence-electron chi connectivity index (χ1n) is 9.85. The van der Waals surface area contributed by atoms with Crippen LogP contribution in [0.2, 0.25) is 0 Å². The monoisotopic (exact) mass is 408 g/mol. The first-order chi connectivity index (χ1) is 14.1. The molecular formula is C22H28N6S. The fourth-order valence-corrected chi connectivity index (χ4v) is 4.12. The van der Waals surface area contributed by atoms with Gasteiger partial charge in [-0.1, -0.05) is 30.3 Å². The van der Waals surface area contributed by atoms with Crippen molar-refractivity contribution >= 4 is 33.3 Å². The molecule has 0 amide bonds. The zero-order chi connectivity index (χ0) is 20.6. The van der Waals surface area contributed by atoms with Crippen molar-refractivity contribution in [1.29, 1.82) is 5.26 Å². The lowest BCUT2D eigenvalue weighted by atomic mass is 10.2. The standard InChI is InChI=1S/C22H28N6S/c1-26(17-18-9-5-4-6-10-18)13-8-15-28(3)22-24-19-11-16-29-20(19)21(25-22)27(2)14-7-12-23/h4-6,9-11,16H,7-8,13-15,17H2,1-3H3. The van der Waals surface area contributed by atoms with Crippen LogP contribution in [0.25, 0.3) is 10.2 Å². The minimum absolute atomic E-state index is 0.478. The van der Waals surface area contributed by atoms with Crippen LogP contribution in [0.15, 0.2) is 41.8 Å². The Hall–Kier alpha value is -2.69. The first kappa shape index (κ1) is 21.0. The lowest BCUT2D eigenvalue weighted by Gasteiger charge is -2.23. The summed E-state index contributed by atoms with van der Waals surface area (Å²) in [5, 5.41) is 10.9. The summed E-state index contributed by atoms with van der Waals surface area (Å²) in [5.74, 6) is 1.64. The van der Waals surface area contributed by atoms with E-state index in [-0.39, 0.29) is 0 Å². The number of anilines is 2. The molecule has 0 bridgehead atoms. The summed E-state index contributed by atoms with van der Waals surface area (Å²) < 4.78 is 1.07. The Bertz CT molecular complexity index is 949. The van der Waals surface area contributed by atoms with Crippen molar-refractivity contribution < 1.29 is 0 Å². The van der Waals surface area contributed by atoms with E-state index in [1.54, 1.807) is 11.3 Å². The highest BCUT2D eigenvalue weighted by atomic mass is 32.1. The van der Waals surface area contributed by atoms with Crippen molar-refractivity contribution in [3.05, 3.63) is 47.3 Å². The van der Waals surface area contributed by atoms with Gasteiger partial charge in [0.1, 0.15) is 0 Å². The largest absolute Gasteiger partial charge is 0.357 e. The quantitative estimate of drug-likeness (QED) is 0.505. The zero-order valence-electron chi connectivity index (χ0n) is 17.4. The maximum Gasteiger partial charge on any atom is 0.227 e. The van der Waals surface area contributed by atoms with Crippen LogP contribution in [0, 0.1) is 11.3 Å². The van der Waals surface area contributed by atoms with Crippen LogP contribution >= 0.6 is 11.3 Å². The molecule has 0 fully saturated rings. The fraction of sp³-hybridized carbons (Fsp3) is 0.409. The summed E-state index contributed by atoms with van der Waals surface area (Å²) >= 11 is 1.64. The third-order valence-corrected chi connectivity index (χ3v) is 5.76. The number of benzene rings is 1. The van der Waals surface area contributed by atoms with Gasteiger partial charge < -0.3 is 14.7 Å². The summed E-state index contributed by atoms with van der Waals surface area (Å²) in [6.07, 6.45) is 1.51. The van der Waals surface area contributed by atoms with Gasteiger partial charge in [0.2, 0.25) is 5.95 Å². The fourth-order valence-electron chi connectivity index (χ4n) is 3.24. The van der Waals surface area contributed by atoms with Crippen molar-refractivity contribution in [1.82, 2.24) is 14.9 Å². The SMILES string of the molecule is CN(CCCN(C)c1nc(N(C)CCC#N)c2sccc2n1)Cc1ccccc1. The predicted octanol–water partition coefficient (Wildman–Crippen LogP) is 4.00. The van der Waals surface area contributed by atoms with Crippen LogP contribution in [-0.4, -0.2) is 55.6 Å². The summed E-state index contributed by atoms with van der Waals surface area (Å²) in [6.45, 7) is 3.51. The van der Waals surface area contributed by atoms with Gasteiger partial charge in [-0.2, -0.15) is 10.2 Å². The second-order valence-electron chi connectivity index (χ2n) is 7.31. The molecule has 0 aliphatic carbocycles. The van der Waals surface area contributed by atoms with Gasteiger partial charge in [-0.3, -0.25) is 0 Å². The number of rotatable bonds is 10. The molecule has 0 atom stereocenters. The summed E-state index contributed by atoms with van der Waals surface area (Å²) in [6, 6.07) is 14.8. The zero-order valence-corrected chi connectivity index (χ0v) is 18.2. The minimum Gasteiger partial charge on any atom is -0.357 e. The van der Waals surface area contributed by atoms with E-state index >= 15 is 0 Å². The molecule has 1 aromatic carbocycles. The van der Waals surface area contributed by atoms with Gasteiger partial charge in [0.25, 0.3) is 0 Å². The molecule has 2 heterocycles. The highest BCUT2D eigenvalue weighted by Crippen LogP contribution is 2.30. The van der Waals surface area contributed by atoms with Crippen molar-refractivity contribution in [2.45, 2.75) is 19.4 Å². The second kappa shape index (κ2) is 10.2. The Balaban J connectivity index is 1.61. The van der Waals surface area contributed by atoms with Gasteiger partial charge in [-0.05, 0) is 37.0 Å². The number of aromatic nitrogens is 2. The molecule has 0 saturated carbocycles. The van der Waals surface area contributed by atoms with Gasteiger partial charge in [-0.15, -0.1) is 11.3 Å². The molecule has 0 N–H and O–H groups in total. The van der Waals surface area contributed by atoms with E-state index in [2.05, 4.69) is 58.1 Å². The molecule has 7 heteroatoms. The molecule has 0 saturated heterocycles. The Morgan fingerprint density at radius 1 is 0.966 bits per heavy atom. The molecule has 3 aromatic rings. The third-order valence-electron chi connectivity index (χ3n) is 4.86. The van der Waals surface area contributed by atoms with Crippen LogP contribution in [0.1, 0.15) is 18.4 Å². The number of fused-ring (bicyclic) bond motifs is 1. The molecule has 152 valence electrons. The van der Waals surface area contributed by atoms with Crippen molar-refractivity contribution in [3.63, 3.8) is 0 Å². The topological polar surface area (TPSA) is 59.3 Å². The lowest BCUT2D eigenvalue weighted by Crippen LogP contribution is -2.27. The number of nitrogens with zero attached hydrogens (tertiary/aromatic N) is 6. The molecule has 0 spiro atoms. The van der Waals surface area contributed by atoms with Crippen LogP contribution in [-0.2, 0) is 6.54 Å². The van der Waals surface area contributed by atoms with Crippen molar-refractivity contribution in [3.8, 4) is 6.07 Å². The van der Waals surface area contributed by atoms with Crippen LogP contribution in [0.5, 0.6) is 0 Å². The smallest absolute Gasteiger partial charge is 0.227 e. The first-order valence-corrected chi connectivity index (χ1v) is 10.7. The number of hydrogen-bond acceptors (Lipinski definition) is 7. The highest BCUT2D eigenvalue weighted by molar-refractivity contribution is 7.17. The maximum absolute atomic E-state index is 8.89. The maximum atomic E-state index is 8.89. The van der Waals surface area contributed by atoms with Crippen LogP contribution in [0.3, 0.4) is 0 Å². The molecule has 0 unspecified atom stereocenters. The van der Waals surface area contributed by atoms with Gasteiger partial charge in [0.15, 0.2) is 5.82 Å². The van der Waals surface area contributed by atoms with E-state index in [1.165, 1.54) is 5.56 Å². The summed E-state index contributed by atoms with van der Waals surface area (Å²) in [5.41, 5.74) is 2.30. The van der Waals surface area contributed by atoms with E-state index in [9.17, 15) is 0 Å². The summed E-state index contributed by atoms with van der Waals surface area (Å²) in [4.78, 5) is 16.1. The van der Waals surface area contributed by atoms with E-state index in [0.717, 1.165) is 48.0 Å². The van der Waals surface area contributed by atoms with Gasteiger partial charge >= 0.3 is 0 Å². The number of thiophene rings is 1. The molecule has 6 nitrogen and oxygen atoms in total. The molecular weight excluding hydrogens is 380 g/mol. The van der Waals surface area contributed by atoms with Crippen molar-refractivity contribution in [2.24, 2.45) is 0 Å². The molecule has 0 aliphatic heterocycles. The number of hydrogen-bond donors (Lipinski definition) is 0. The van der Waals surface area contributed by atoms with Gasteiger partial charge in [-0.25, -0.2) is 4.98 Å². The minimum atomic E-state index is 0.478. The van der Waals surface area contributed by atoms with Gasteiger partial charge in [0, 0.05) is 33.7 Å². The van der Waals surface area contributed by atoms with E-state index in [4.69, 9.17) is 15.2 Å². The molecule has 2 aromatic heterocycles. The van der Waals surface area contributed by atoms with Crippen LogP contribution in [0.4, 0.5) is 11.8 Å². The molecule has 0 aliphatic rings. The number of nitriles is 1. The van der Waals surface area contributed by atoms with E-state index in [1.807, 2.05) is 25.5 Å². The Morgan fingerprint density at radius 3 is 2.52 bits per heavy atom. The molecule has 29 heavy (non-hydrogen) atoms. The predicted molar refractivity (Wildman–Crippen MR) is 122 cm³/mol. The second-order valence-corrected chi connectivity index (χ2v) is 8.23. The van der Waals surface area contributed by atoms with E-state index in [0.29, 0.717) is 13.0 Å².